The van der Waals surface area contributed by atoms with E-state index in [2.05, 4.69) is 56.5 Å². The number of aromatic nitrogens is 1. The molecular weight excluding hydrogens is 639 g/mol. The number of methoxy groups -OCH3 is 1. The van der Waals surface area contributed by atoms with Gasteiger partial charge in [0.2, 0.25) is 5.91 Å². The Morgan fingerprint density at radius 1 is 0.959 bits per heavy atom. The lowest BCUT2D eigenvalue weighted by atomic mass is 9.75. The monoisotopic (exact) mass is 685 g/mol. The van der Waals surface area contributed by atoms with E-state index in [-0.39, 0.29) is 29.8 Å². The molecule has 4 fully saturated rings. The fourth-order valence-corrected chi connectivity index (χ4v) is 11.5. The number of carbonyl (C=O) groups is 2. The Balaban J connectivity index is 1.19. The fraction of sp³-hybridized carbons (Fsp3) is 0.579. The molecule has 1 aromatic carbocycles. The van der Waals surface area contributed by atoms with Gasteiger partial charge in [0, 0.05) is 61.8 Å². The number of hydrogen-bond donors (Lipinski definition) is 1. The lowest BCUT2D eigenvalue weighted by Gasteiger charge is -2.43. The summed E-state index contributed by atoms with van der Waals surface area (Å²) >= 11 is 0. The lowest BCUT2D eigenvalue weighted by Crippen LogP contribution is -2.56. The van der Waals surface area contributed by atoms with Crippen LogP contribution >= 0.6 is 0 Å². The van der Waals surface area contributed by atoms with Gasteiger partial charge < -0.3 is 19.1 Å². The summed E-state index contributed by atoms with van der Waals surface area (Å²) in [5, 5.41) is 1.05. The van der Waals surface area contributed by atoms with Gasteiger partial charge in [-0.25, -0.2) is 4.72 Å². The van der Waals surface area contributed by atoms with Crippen molar-refractivity contribution < 1.29 is 22.7 Å². The number of nitrogens with zero attached hydrogens (tertiary/aromatic N) is 4. The fourth-order valence-electron chi connectivity index (χ4n) is 10.3. The maximum Gasteiger partial charge on any atom is 0.304 e. The van der Waals surface area contributed by atoms with E-state index in [0.29, 0.717) is 37.5 Å². The molecule has 9 rings (SSSR count). The van der Waals surface area contributed by atoms with Gasteiger partial charge in [-0.3, -0.25) is 9.59 Å². The molecule has 0 radical (unpaired) electrons. The van der Waals surface area contributed by atoms with Crippen molar-refractivity contribution in [2.45, 2.75) is 94.7 Å². The van der Waals surface area contributed by atoms with Gasteiger partial charge in [0.25, 0.3) is 5.91 Å². The van der Waals surface area contributed by atoms with E-state index in [1.165, 1.54) is 29.1 Å². The number of benzene rings is 1. The van der Waals surface area contributed by atoms with Crippen molar-refractivity contribution in [3.05, 3.63) is 63.9 Å². The summed E-state index contributed by atoms with van der Waals surface area (Å²) in [6, 6.07) is 7.03. The van der Waals surface area contributed by atoms with Crippen LogP contribution in [0.25, 0.3) is 10.9 Å². The normalized spacial score (nSPS) is 28.8. The molecule has 1 N–H and O–H groups in total. The Hall–Kier alpha value is -3.41. The standard InChI is InChI=1S/C38H47N5O5S/c1-40-20-24-13-14-25(21-40)43(24)38(45)28-12-8-11-27-33(28)31-19-29-32(48-2)16-15-26(23-9-4-3-5-10-23)36(29)42(31)22-30-34(27)35(30)37(44)39-49(46,47)41-17-6-7-18-41/h8,11,15-16,19,23-25,28,33H,3-7,9-10,12-14,17-18,20-22H2,1-2H3,(H,39,44)/t24?,25?,28-,33?/m1/s1. The molecule has 7 aliphatic rings. The summed E-state index contributed by atoms with van der Waals surface area (Å²) in [7, 11) is -0.0731. The molecule has 4 aliphatic heterocycles. The van der Waals surface area contributed by atoms with Crippen LogP contribution in [-0.4, -0.2) is 91.3 Å². The Labute approximate surface area is 289 Å². The van der Waals surface area contributed by atoms with Gasteiger partial charge in [-0.05, 0) is 92.3 Å². The molecule has 11 heteroatoms. The number of ether oxygens (including phenoxy) is 1. The molecule has 1 saturated carbocycles. The third kappa shape index (κ3) is 5.05. The highest BCUT2D eigenvalue weighted by Crippen LogP contribution is 2.55. The Morgan fingerprint density at radius 2 is 1.69 bits per heavy atom. The van der Waals surface area contributed by atoms with Gasteiger partial charge in [-0.2, -0.15) is 12.7 Å². The van der Waals surface area contributed by atoms with Gasteiger partial charge in [-0.1, -0.05) is 37.5 Å². The van der Waals surface area contributed by atoms with Crippen LogP contribution in [-0.2, 0) is 26.3 Å². The molecule has 0 spiro atoms. The van der Waals surface area contributed by atoms with Gasteiger partial charge in [-0.15, -0.1) is 0 Å². The molecule has 3 unspecified atom stereocenters. The zero-order valence-corrected chi connectivity index (χ0v) is 29.4. The number of hydrogen-bond acceptors (Lipinski definition) is 6. The lowest BCUT2D eigenvalue weighted by molar-refractivity contribution is -0.141. The molecule has 2 aromatic rings. The van der Waals surface area contributed by atoms with Crippen molar-refractivity contribution in [1.29, 1.82) is 0 Å². The quantitative estimate of drug-likeness (QED) is 0.472. The molecule has 4 atom stereocenters. The van der Waals surface area contributed by atoms with E-state index < -0.39 is 16.1 Å². The van der Waals surface area contributed by atoms with Crippen molar-refractivity contribution in [1.82, 2.24) is 23.4 Å². The molecule has 3 saturated heterocycles. The van der Waals surface area contributed by atoms with Gasteiger partial charge in [0.1, 0.15) is 5.75 Å². The van der Waals surface area contributed by atoms with Gasteiger partial charge in [0.05, 0.1) is 24.1 Å². The molecule has 1 aromatic heterocycles. The number of likely N-dealkylation sites (N-methyl/N-ethyl adjacent to an activating group) is 1. The molecule has 260 valence electrons. The minimum atomic E-state index is -3.94. The number of carbonyl (C=O) groups excluding carboxylic acids is 2. The van der Waals surface area contributed by atoms with Crippen molar-refractivity contribution >= 4 is 32.9 Å². The minimum Gasteiger partial charge on any atom is -0.496 e. The third-order valence-corrected chi connectivity index (χ3v) is 14.1. The highest BCUT2D eigenvalue weighted by atomic mass is 32.2. The zero-order chi connectivity index (χ0) is 33.6. The first-order valence-electron chi connectivity index (χ1n) is 18.4. The summed E-state index contributed by atoms with van der Waals surface area (Å²) in [6.07, 6.45) is 14.4. The van der Waals surface area contributed by atoms with E-state index in [0.717, 1.165) is 90.7 Å². The molecule has 2 amide bonds. The summed E-state index contributed by atoms with van der Waals surface area (Å²) in [4.78, 5) is 33.3. The van der Waals surface area contributed by atoms with Crippen molar-refractivity contribution in [2.75, 3.05) is 40.3 Å². The molecular formula is C38H47N5O5S. The van der Waals surface area contributed by atoms with Gasteiger partial charge >= 0.3 is 10.2 Å². The van der Waals surface area contributed by atoms with Crippen LogP contribution in [0.5, 0.6) is 5.75 Å². The van der Waals surface area contributed by atoms with E-state index in [9.17, 15) is 18.0 Å². The summed E-state index contributed by atoms with van der Waals surface area (Å²) in [5.41, 5.74) is 6.67. The third-order valence-electron chi connectivity index (χ3n) is 12.6. The largest absolute Gasteiger partial charge is 0.496 e. The van der Waals surface area contributed by atoms with Crippen molar-refractivity contribution in [3.8, 4) is 5.75 Å². The number of piperazine rings is 1. The smallest absolute Gasteiger partial charge is 0.304 e. The Bertz CT molecular complexity index is 1930. The second-order valence-corrected chi connectivity index (χ2v) is 17.1. The summed E-state index contributed by atoms with van der Waals surface area (Å²) < 4.78 is 38.6. The second-order valence-electron chi connectivity index (χ2n) is 15.4. The molecule has 49 heavy (non-hydrogen) atoms. The van der Waals surface area contributed by atoms with Crippen LogP contribution < -0.4 is 9.46 Å². The van der Waals surface area contributed by atoms with Crippen molar-refractivity contribution in [2.24, 2.45) is 5.92 Å². The number of fused-ring (bicyclic) bond motifs is 8. The second kappa shape index (κ2) is 11.8. The first-order chi connectivity index (χ1) is 23.7. The number of nitrogens with one attached hydrogen (secondary N) is 1. The average Bonchev–Trinajstić information content (AvgIpc) is 3.34. The number of rotatable bonds is 6. The van der Waals surface area contributed by atoms with Crippen molar-refractivity contribution in [3.63, 3.8) is 0 Å². The van der Waals surface area contributed by atoms with E-state index in [1.54, 1.807) is 7.11 Å². The number of likely N-dealkylation sites (tertiary alicyclic amines) is 1. The number of allylic oxidation sites excluding steroid dienone is 4. The Kier molecular flexibility index (Phi) is 7.63. The predicted octanol–water partition coefficient (Wildman–Crippen LogP) is 4.74. The SMILES string of the molecule is COc1ccc(C2CCCCC2)c2c1cc1n2CC2=C(C(=O)NS(=O)(=O)N3CCCC3)C2=C2C=CC[C@@H](C(=O)N3C4CCC3CN(C)C4)C21. The van der Waals surface area contributed by atoms with Crippen LogP contribution in [0, 0.1) is 5.92 Å². The predicted molar refractivity (Wildman–Crippen MR) is 187 cm³/mol. The first kappa shape index (κ1) is 31.6. The number of amides is 2. The van der Waals surface area contributed by atoms with Gasteiger partial charge in [0.15, 0.2) is 0 Å². The first-order valence-corrected chi connectivity index (χ1v) is 19.9. The van der Waals surface area contributed by atoms with E-state index >= 15 is 0 Å². The molecule has 2 bridgehead atoms. The highest BCUT2D eigenvalue weighted by Gasteiger charge is 2.51. The van der Waals surface area contributed by atoms with E-state index in [4.69, 9.17) is 4.74 Å². The molecule has 10 nitrogen and oxygen atoms in total. The molecule has 5 heterocycles. The Morgan fingerprint density at radius 3 is 2.41 bits per heavy atom. The van der Waals surface area contributed by atoms with Crippen LogP contribution in [0.15, 0.2) is 52.6 Å². The van der Waals surface area contributed by atoms with E-state index in [1.807, 2.05) is 0 Å². The van der Waals surface area contributed by atoms with Crippen LogP contribution in [0.1, 0.15) is 87.3 Å². The highest BCUT2D eigenvalue weighted by molar-refractivity contribution is 7.87. The summed E-state index contributed by atoms with van der Waals surface area (Å²) in [5.74, 6) is 0.307. The summed E-state index contributed by atoms with van der Waals surface area (Å²) in [6.45, 7) is 3.11. The van der Waals surface area contributed by atoms with Crippen LogP contribution in [0.4, 0.5) is 0 Å². The maximum atomic E-state index is 14.9. The topological polar surface area (TPSA) is 104 Å². The van der Waals surface area contributed by atoms with Crippen LogP contribution in [0.3, 0.4) is 0 Å². The average molecular weight is 686 g/mol. The maximum absolute atomic E-state index is 14.9. The zero-order valence-electron chi connectivity index (χ0n) is 28.6. The van der Waals surface area contributed by atoms with Crippen LogP contribution in [0.2, 0.25) is 0 Å². The molecule has 3 aliphatic carbocycles. The minimum absolute atomic E-state index is 0.205.